The zero-order chi connectivity index (χ0) is 14.0. The van der Waals surface area contributed by atoms with E-state index in [0.717, 1.165) is 18.5 Å². The van der Waals surface area contributed by atoms with Gasteiger partial charge in [0.25, 0.3) is 0 Å². The van der Waals surface area contributed by atoms with Crippen LogP contribution in [0.1, 0.15) is 33.6 Å². The minimum Gasteiger partial charge on any atom is -0.481 e. The first-order valence-electron chi connectivity index (χ1n) is 6.82. The van der Waals surface area contributed by atoms with Crippen LogP contribution in [0.15, 0.2) is 24.5 Å². The number of nitrogens with one attached hydrogen (secondary N) is 1. The molecular weight excluding hydrogens is 240 g/mol. The molecule has 2 N–H and O–H groups in total. The fourth-order valence-corrected chi connectivity index (χ4v) is 3.11. The topological polar surface area (TPSA) is 62.2 Å². The summed E-state index contributed by atoms with van der Waals surface area (Å²) in [6, 6.07) is 4.21. The second-order valence-corrected chi connectivity index (χ2v) is 6.06. The van der Waals surface area contributed by atoms with Crippen molar-refractivity contribution in [3.63, 3.8) is 0 Å². The van der Waals surface area contributed by atoms with Gasteiger partial charge in [-0.15, -0.1) is 0 Å². The van der Waals surface area contributed by atoms with Crippen LogP contribution in [0.2, 0.25) is 0 Å². The first-order valence-corrected chi connectivity index (χ1v) is 6.82. The van der Waals surface area contributed by atoms with E-state index in [2.05, 4.69) is 31.1 Å². The number of anilines is 1. The maximum Gasteiger partial charge on any atom is 0.307 e. The summed E-state index contributed by atoms with van der Waals surface area (Å²) in [5, 5.41) is 12.9. The van der Waals surface area contributed by atoms with E-state index in [1.165, 1.54) is 0 Å². The molecule has 3 atom stereocenters. The molecule has 19 heavy (non-hydrogen) atoms. The van der Waals surface area contributed by atoms with Crippen LogP contribution < -0.4 is 5.32 Å². The summed E-state index contributed by atoms with van der Waals surface area (Å²) in [6.07, 6.45) is 5.15. The van der Waals surface area contributed by atoms with Crippen molar-refractivity contribution in [1.82, 2.24) is 4.98 Å². The average molecular weight is 262 g/mol. The first-order chi connectivity index (χ1) is 8.93. The summed E-state index contributed by atoms with van der Waals surface area (Å²) in [4.78, 5) is 15.4. The van der Waals surface area contributed by atoms with Gasteiger partial charge in [0.05, 0.1) is 5.92 Å². The molecular formula is C15H22N2O2. The summed E-state index contributed by atoms with van der Waals surface area (Å²) >= 11 is 0. The van der Waals surface area contributed by atoms with Crippen molar-refractivity contribution in [2.45, 2.75) is 39.7 Å². The molecule has 0 saturated heterocycles. The summed E-state index contributed by atoms with van der Waals surface area (Å²) in [7, 11) is 0. The number of aromatic nitrogens is 1. The van der Waals surface area contributed by atoms with E-state index in [4.69, 9.17) is 0 Å². The second kappa shape index (κ2) is 5.19. The van der Waals surface area contributed by atoms with Crippen molar-refractivity contribution in [3.05, 3.63) is 24.5 Å². The van der Waals surface area contributed by atoms with Crippen molar-refractivity contribution < 1.29 is 9.90 Å². The number of carboxylic acid groups (broad SMARTS) is 1. The number of pyridine rings is 1. The molecule has 0 bridgehead atoms. The number of rotatable bonds is 3. The zero-order valence-electron chi connectivity index (χ0n) is 11.8. The molecule has 3 unspecified atom stereocenters. The van der Waals surface area contributed by atoms with Gasteiger partial charge in [-0.1, -0.05) is 20.8 Å². The number of hydrogen-bond acceptors (Lipinski definition) is 3. The van der Waals surface area contributed by atoms with Gasteiger partial charge in [-0.25, -0.2) is 0 Å². The van der Waals surface area contributed by atoms with Crippen LogP contribution in [-0.4, -0.2) is 22.1 Å². The third-order valence-corrected chi connectivity index (χ3v) is 4.77. The molecule has 1 aromatic heterocycles. The Bertz CT molecular complexity index is 445. The van der Waals surface area contributed by atoms with E-state index in [1.54, 1.807) is 12.4 Å². The molecule has 1 fully saturated rings. The fraction of sp³-hybridized carbons (Fsp3) is 0.600. The standard InChI is InChI=1S/C15H22N2O2/c1-10-13(17-11-6-8-16-9-7-11)5-4-12(14(18)19)15(10,2)3/h6-10,12-13H,4-5H2,1-3H3,(H,16,17)(H,18,19). The van der Waals surface area contributed by atoms with E-state index in [9.17, 15) is 9.90 Å². The Hall–Kier alpha value is -1.58. The summed E-state index contributed by atoms with van der Waals surface area (Å²) in [5.74, 6) is -0.618. The van der Waals surface area contributed by atoms with Crippen LogP contribution in [0.3, 0.4) is 0 Å². The smallest absolute Gasteiger partial charge is 0.307 e. The van der Waals surface area contributed by atoms with Crippen LogP contribution in [-0.2, 0) is 4.79 Å². The zero-order valence-corrected chi connectivity index (χ0v) is 11.8. The normalized spacial score (nSPS) is 29.7. The van der Waals surface area contributed by atoms with Gasteiger partial charge in [-0.2, -0.15) is 0 Å². The summed E-state index contributed by atoms with van der Waals surface area (Å²) in [6.45, 7) is 6.28. The van der Waals surface area contributed by atoms with Crippen molar-refractivity contribution in [2.75, 3.05) is 5.32 Å². The lowest BCUT2D eigenvalue weighted by Crippen LogP contribution is -2.48. The van der Waals surface area contributed by atoms with Crippen molar-refractivity contribution in [1.29, 1.82) is 0 Å². The molecule has 1 aliphatic carbocycles. The monoisotopic (exact) mass is 262 g/mol. The molecule has 0 amide bonds. The second-order valence-electron chi connectivity index (χ2n) is 6.06. The van der Waals surface area contributed by atoms with E-state index < -0.39 is 5.97 Å². The average Bonchev–Trinajstić information content (AvgIpc) is 2.36. The largest absolute Gasteiger partial charge is 0.481 e. The van der Waals surface area contributed by atoms with Crippen molar-refractivity contribution in [3.8, 4) is 0 Å². The van der Waals surface area contributed by atoms with E-state index in [-0.39, 0.29) is 11.3 Å². The molecule has 0 radical (unpaired) electrons. The predicted molar refractivity (Wildman–Crippen MR) is 75.0 cm³/mol. The number of carboxylic acids is 1. The van der Waals surface area contributed by atoms with Gasteiger partial charge in [0, 0.05) is 24.1 Å². The van der Waals surface area contributed by atoms with Crippen LogP contribution in [0.25, 0.3) is 0 Å². The minimum atomic E-state index is -0.667. The lowest BCUT2D eigenvalue weighted by atomic mass is 9.61. The van der Waals surface area contributed by atoms with E-state index in [1.807, 2.05) is 12.1 Å². The van der Waals surface area contributed by atoms with Crippen molar-refractivity contribution >= 4 is 11.7 Å². The van der Waals surface area contributed by atoms with E-state index >= 15 is 0 Å². The molecule has 1 heterocycles. The lowest BCUT2D eigenvalue weighted by molar-refractivity contribution is -0.149. The Balaban J connectivity index is 2.12. The maximum absolute atomic E-state index is 11.4. The molecule has 4 heteroatoms. The Kier molecular flexibility index (Phi) is 3.78. The van der Waals surface area contributed by atoms with Gasteiger partial charge >= 0.3 is 5.97 Å². The molecule has 2 rings (SSSR count). The first kappa shape index (κ1) is 13.8. The van der Waals surface area contributed by atoms with Gasteiger partial charge in [0.2, 0.25) is 0 Å². The minimum absolute atomic E-state index is 0.200. The summed E-state index contributed by atoms with van der Waals surface area (Å²) < 4.78 is 0. The molecule has 1 aromatic rings. The fourth-order valence-electron chi connectivity index (χ4n) is 3.11. The SMILES string of the molecule is CC1C(Nc2ccncc2)CCC(C(=O)O)C1(C)C. The van der Waals surface area contributed by atoms with Gasteiger partial charge < -0.3 is 10.4 Å². The van der Waals surface area contributed by atoms with Gasteiger partial charge in [0.15, 0.2) is 0 Å². The molecule has 104 valence electrons. The third kappa shape index (κ3) is 2.72. The van der Waals surface area contributed by atoms with Crippen LogP contribution in [0.4, 0.5) is 5.69 Å². The Morgan fingerprint density at radius 2 is 2.00 bits per heavy atom. The Morgan fingerprint density at radius 3 is 2.58 bits per heavy atom. The van der Waals surface area contributed by atoms with Crippen molar-refractivity contribution in [2.24, 2.45) is 17.3 Å². The Morgan fingerprint density at radius 1 is 1.37 bits per heavy atom. The highest BCUT2D eigenvalue weighted by Crippen LogP contribution is 2.45. The van der Waals surface area contributed by atoms with Gasteiger partial charge in [0.1, 0.15) is 0 Å². The van der Waals surface area contributed by atoms with Gasteiger partial charge in [-0.3, -0.25) is 9.78 Å². The van der Waals surface area contributed by atoms with Crippen LogP contribution >= 0.6 is 0 Å². The number of carbonyl (C=O) groups is 1. The Labute approximate surface area is 114 Å². The maximum atomic E-state index is 11.4. The highest BCUT2D eigenvalue weighted by atomic mass is 16.4. The molecule has 0 aromatic carbocycles. The highest BCUT2D eigenvalue weighted by molar-refractivity contribution is 5.71. The number of hydrogen-bond donors (Lipinski definition) is 2. The van der Waals surface area contributed by atoms with Crippen LogP contribution in [0.5, 0.6) is 0 Å². The molecule has 4 nitrogen and oxygen atoms in total. The molecule has 1 saturated carbocycles. The highest BCUT2D eigenvalue weighted by Gasteiger charge is 2.46. The quantitative estimate of drug-likeness (QED) is 0.879. The molecule has 1 aliphatic rings. The van der Waals surface area contributed by atoms with Crippen LogP contribution in [0, 0.1) is 17.3 Å². The van der Waals surface area contributed by atoms with E-state index in [0.29, 0.717) is 12.0 Å². The molecule has 0 spiro atoms. The third-order valence-electron chi connectivity index (χ3n) is 4.77. The van der Waals surface area contributed by atoms with Gasteiger partial charge in [-0.05, 0) is 36.3 Å². The predicted octanol–water partition coefficient (Wildman–Crippen LogP) is 3.02. The lowest BCUT2D eigenvalue weighted by Gasteiger charge is -2.46. The summed E-state index contributed by atoms with van der Waals surface area (Å²) in [5.41, 5.74) is 0.853. The number of aliphatic carboxylic acids is 1. The molecule has 0 aliphatic heterocycles. The number of nitrogens with zero attached hydrogens (tertiary/aromatic N) is 1.